The van der Waals surface area contributed by atoms with Gasteiger partial charge in [-0.25, -0.2) is 14.8 Å². The van der Waals surface area contributed by atoms with Crippen LogP contribution in [0.2, 0.25) is 5.02 Å². The molecule has 1 aromatic carbocycles. The Hall–Kier alpha value is -4.42. The van der Waals surface area contributed by atoms with E-state index in [-0.39, 0.29) is 54.1 Å². The van der Waals surface area contributed by atoms with Crippen LogP contribution in [-0.4, -0.2) is 80.2 Å². The monoisotopic (exact) mass is 699 g/mol. The molecule has 16 heteroatoms. The predicted octanol–water partition coefficient (Wildman–Crippen LogP) is 5.63. The molecule has 0 bridgehead atoms. The average Bonchev–Trinajstić information content (AvgIpc) is 3.47. The Bertz CT molecular complexity index is 2120. The number of carbonyl (C=O) groups is 1. The Kier molecular flexibility index (Phi) is 8.99. The summed E-state index contributed by atoms with van der Waals surface area (Å²) in [6, 6.07) is 8.95. The lowest BCUT2D eigenvalue weighted by molar-refractivity contribution is 0.0451. The van der Waals surface area contributed by atoms with Crippen LogP contribution in [0.15, 0.2) is 46.8 Å². The minimum Gasteiger partial charge on any atom is -0.491 e. The van der Waals surface area contributed by atoms with Crippen LogP contribution in [0.4, 0.5) is 14.6 Å². The summed E-state index contributed by atoms with van der Waals surface area (Å²) in [6.07, 6.45) is 2.97. The molecule has 0 atom stereocenters. The van der Waals surface area contributed by atoms with Gasteiger partial charge in [-0.3, -0.25) is 19.2 Å². The topological polar surface area (TPSA) is 137 Å². The zero-order valence-electron chi connectivity index (χ0n) is 24.7. The number of benzene rings is 1. The van der Waals surface area contributed by atoms with Crippen LogP contribution in [0.5, 0.6) is 5.75 Å². The molecule has 5 aromatic rings. The Morgan fingerprint density at radius 1 is 1.19 bits per heavy atom. The summed E-state index contributed by atoms with van der Waals surface area (Å²) in [6.45, 7) is 2.43. The molecule has 5 heterocycles. The number of halogens is 4. The number of hydrogen-bond acceptors (Lipinski definition) is 10. The van der Waals surface area contributed by atoms with Gasteiger partial charge < -0.3 is 14.7 Å². The van der Waals surface area contributed by atoms with Crippen molar-refractivity contribution < 1.29 is 23.4 Å². The number of thiophene rings is 1. The van der Waals surface area contributed by atoms with E-state index in [9.17, 15) is 28.7 Å². The molecule has 4 aromatic heterocycles. The van der Waals surface area contributed by atoms with Crippen molar-refractivity contribution in [3.05, 3.63) is 74.4 Å². The number of nitriles is 1. The number of aromatic carboxylic acids is 1. The zero-order chi connectivity index (χ0) is 33.5. The SMILES string of the molecule is Cc1nc2cnc(N3CCN(CC(F)(F)Cl)CC3)c(C#N)c2c(=O)n1CCOc1ccc(Cl)cc1-c1ccnc2c(C(=O)O)csc12. The van der Waals surface area contributed by atoms with Crippen LogP contribution in [0, 0.1) is 18.3 Å². The third-order valence-corrected chi connectivity index (χ3v) is 9.20. The molecule has 1 saturated heterocycles. The molecule has 11 nitrogen and oxygen atoms in total. The minimum atomic E-state index is -3.34. The predicted molar refractivity (Wildman–Crippen MR) is 175 cm³/mol. The Morgan fingerprint density at radius 3 is 2.66 bits per heavy atom. The van der Waals surface area contributed by atoms with Crippen LogP contribution < -0.4 is 15.2 Å². The van der Waals surface area contributed by atoms with Gasteiger partial charge in [-0.15, -0.1) is 11.3 Å². The summed E-state index contributed by atoms with van der Waals surface area (Å²) in [5.41, 5.74) is 1.67. The number of fused-ring (bicyclic) bond motifs is 2. The second kappa shape index (κ2) is 13.0. The third kappa shape index (κ3) is 6.57. The van der Waals surface area contributed by atoms with Gasteiger partial charge >= 0.3 is 11.4 Å². The summed E-state index contributed by atoms with van der Waals surface area (Å²) < 4.78 is 34.8. The van der Waals surface area contributed by atoms with Crippen molar-refractivity contribution in [3.63, 3.8) is 0 Å². The zero-order valence-corrected chi connectivity index (χ0v) is 27.0. The van der Waals surface area contributed by atoms with Crippen LogP contribution in [0.1, 0.15) is 21.7 Å². The summed E-state index contributed by atoms with van der Waals surface area (Å²) >= 11 is 12.7. The number of nitrogens with zero attached hydrogens (tertiary/aromatic N) is 7. The maximum absolute atomic E-state index is 13.8. The Labute approximate surface area is 280 Å². The minimum absolute atomic E-state index is 0.0502. The number of carboxylic acids is 1. The molecule has 1 N–H and O–H groups in total. The second-order valence-corrected chi connectivity index (χ2v) is 12.7. The molecule has 0 amide bonds. The Morgan fingerprint density at radius 2 is 1.96 bits per heavy atom. The van der Waals surface area contributed by atoms with Crippen molar-refractivity contribution in [3.8, 4) is 22.9 Å². The van der Waals surface area contributed by atoms with Gasteiger partial charge in [-0.05, 0) is 42.8 Å². The highest BCUT2D eigenvalue weighted by Gasteiger charge is 2.31. The summed E-state index contributed by atoms with van der Waals surface area (Å²) in [5.74, 6) is 0.0684. The number of carboxylic acid groups (broad SMARTS) is 1. The van der Waals surface area contributed by atoms with Crippen molar-refractivity contribution >= 4 is 67.4 Å². The first-order valence-corrected chi connectivity index (χ1v) is 15.9. The molecule has 6 rings (SSSR count). The van der Waals surface area contributed by atoms with E-state index in [1.165, 1.54) is 38.6 Å². The largest absolute Gasteiger partial charge is 0.491 e. The molecule has 0 saturated carbocycles. The highest BCUT2D eigenvalue weighted by Crippen LogP contribution is 2.39. The van der Waals surface area contributed by atoms with Gasteiger partial charge in [0.15, 0.2) is 0 Å². The molecular weight excluding hydrogens is 675 g/mol. The molecule has 242 valence electrons. The number of piperazine rings is 1. The van der Waals surface area contributed by atoms with Crippen LogP contribution in [0.25, 0.3) is 32.2 Å². The van der Waals surface area contributed by atoms with Crippen molar-refractivity contribution in [2.24, 2.45) is 0 Å². The van der Waals surface area contributed by atoms with Crippen molar-refractivity contribution in [2.75, 3.05) is 44.2 Å². The Balaban J connectivity index is 1.27. The number of rotatable bonds is 9. The van der Waals surface area contributed by atoms with Crippen LogP contribution >= 0.6 is 34.5 Å². The number of aryl methyl sites for hydroxylation is 1. The molecule has 0 unspecified atom stereocenters. The molecule has 0 radical (unpaired) electrons. The number of anilines is 1. The van der Waals surface area contributed by atoms with Gasteiger partial charge in [0.2, 0.25) is 0 Å². The lowest BCUT2D eigenvalue weighted by atomic mass is 10.0. The summed E-state index contributed by atoms with van der Waals surface area (Å²) in [7, 11) is 0. The molecule has 47 heavy (non-hydrogen) atoms. The van der Waals surface area contributed by atoms with Crippen LogP contribution in [-0.2, 0) is 6.54 Å². The van der Waals surface area contributed by atoms with Gasteiger partial charge in [-0.1, -0.05) is 11.6 Å². The van der Waals surface area contributed by atoms with Gasteiger partial charge in [0, 0.05) is 53.9 Å². The lowest BCUT2D eigenvalue weighted by Crippen LogP contribution is -2.49. The first-order valence-electron chi connectivity index (χ1n) is 14.3. The first-order chi connectivity index (χ1) is 22.4. The fourth-order valence-electron chi connectivity index (χ4n) is 5.67. The molecule has 0 spiro atoms. The van der Waals surface area contributed by atoms with Gasteiger partial charge in [0.05, 0.1) is 46.0 Å². The number of alkyl halides is 3. The highest BCUT2D eigenvalue weighted by molar-refractivity contribution is 7.18. The molecule has 1 aliphatic heterocycles. The average molecular weight is 701 g/mol. The fourth-order valence-corrected chi connectivity index (χ4v) is 7.04. The second-order valence-electron chi connectivity index (χ2n) is 10.8. The fraction of sp³-hybridized carbons (Fsp3) is 0.290. The van der Waals surface area contributed by atoms with E-state index in [4.69, 9.17) is 27.9 Å². The normalized spacial score (nSPS) is 14.1. The van der Waals surface area contributed by atoms with Gasteiger partial charge in [0.1, 0.15) is 35.6 Å². The van der Waals surface area contributed by atoms with E-state index < -0.39 is 23.5 Å². The van der Waals surface area contributed by atoms with Gasteiger partial charge in [0.25, 0.3) is 5.56 Å². The van der Waals surface area contributed by atoms with Crippen LogP contribution in [0.3, 0.4) is 0 Å². The maximum atomic E-state index is 13.8. The van der Waals surface area contributed by atoms with E-state index in [1.807, 2.05) is 0 Å². The summed E-state index contributed by atoms with van der Waals surface area (Å²) in [5, 5.41) is 18.5. The van der Waals surface area contributed by atoms with E-state index in [0.717, 1.165) is 0 Å². The van der Waals surface area contributed by atoms with Crippen molar-refractivity contribution in [2.45, 2.75) is 18.9 Å². The number of ether oxygens (including phenoxy) is 1. The highest BCUT2D eigenvalue weighted by atomic mass is 35.5. The molecule has 1 aliphatic rings. The van der Waals surface area contributed by atoms with E-state index >= 15 is 0 Å². The smallest absolute Gasteiger partial charge is 0.338 e. The molecule has 0 aliphatic carbocycles. The van der Waals surface area contributed by atoms with E-state index in [0.29, 0.717) is 51.0 Å². The summed E-state index contributed by atoms with van der Waals surface area (Å²) in [4.78, 5) is 42.1. The standard InChI is InChI=1S/C31H25Cl2F2N7O4S/c1-17-39-23-14-38-28(41-8-6-40(7-9-41)16-31(33,34)35)21(13-36)25(23)29(43)42(17)10-11-46-24-3-2-18(32)12-20(24)19-4-5-37-26-22(30(44)45)15-47-27(19)26/h2-5,12,14-15H,6-11,16H2,1H3,(H,44,45). The number of aromatic nitrogens is 4. The van der Waals surface area contributed by atoms with E-state index in [1.54, 1.807) is 36.1 Å². The van der Waals surface area contributed by atoms with Gasteiger partial charge in [-0.2, -0.15) is 14.0 Å². The molecular formula is C31H25Cl2F2N7O4S. The molecule has 1 fully saturated rings. The first kappa shape index (κ1) is 32.5. The maximum Gasteiger partial charge on any atom is 0.338 e. The van der Waals surface area contributed by atoms with E-state index in [2.05, 4.69) is 21.0 Å². The number of pyridine rings is 2. The van der Waals surface area contributed by atoms with Crippen molar-refractivity contribution in [1.29, 1.82) is 5.26 Å². The lowest BCUT2D eigenvalue weighted by Gasteiger charge is -2.36. The number of hydrogen-bond donors (Lipinski definition) is 1. The quantitative estimate of drug-likeness (QED) is 0.193. The third-order valence-electron chi connectivity index (χ3n) is 7.85. The van der Waals surface area contributed by atoms with Crippen molar-refractivity contribution in [1.82, 2.24) is 24.4 Å².